The molecule has 0 N–H and O–H groups in total. The van der Waals surface area contributed by atoms with Gasteiger partial charge in [-0.05, 0) is 139 Å². The van der Waals surface area contributed by atoms with Gasteiger partial charge in [-0.1, -0.05) is 111 Å². The molecule has 316 valence electrons. The number of rotatable bonds is 4. The molecule has 8 aromatic rings. The predicted molar refractivity (Wildman–Crippen MR) is 261 cm³/mol. The molecule has 5 nitrogen and oxygen atoms in total. The SMILES string of the molecule is Cc1ccc2c(c1)c1ccc(-n3c4ccc(C(C)C)cc4c4cccnc43)cc1n2-c1cc(C2=N[C@]3(C)C(C)(C)c4c(C(C)(C)C)cc(C(C)(C)C)cc4[C@]3(C)O2)c(C)cc1C. The molecule has 0 amide bonds. The van der Waals surface area contributed by atoms with E-state index in [4.69, 9.17) is 14.7 Å². The fraction of sp³-hybridized carbons (Fsp3) is 0.368. The van der Waals surface area contributed by atoms with Crippen LogP contribution in [0.3, 0.4) is 0 Å². The molecule has 0 radical (unpaired) electrons. The maximum Gasteiger partial charge on any atom is 0.218 e. The molecule has 2 aliphatic rings. The topological polar surface area (TPSA) is 44.3 Å². The zero-order valence-corrected chi connectivity index (χ0v) is 39.5. The van der Waals surface area contributed by atoms with Gasteiger partial charge in [0, 0.05) is 55.7 Å². The first-order chi connectivity index (χ1) is 29.0. The van der Waals surface area contributed by atoms with Gasteiger partial charge in [0.05, 0.1) is 16.6 Å². The van der Waals surface area contributed by atoms with Crippen LogP contribution in [0, 0.1) is 20.8 Å². The van der Waals surface area contributed by atoms with E-state index < -0.39 is 11.1 Å². The average Bonchev–Trinajstić information content (AvgIpc) is 3.84. The first-order valence-corrected chi connectivity index (χ1v) is 22.6. The summed E-state index contributed by atoms with van der Waals surface area (Å²) >= 11 is 0. The van der Waals surface area contributed by atoms with E-state index in [1.807, 2.05) is 12.3 Å². The molecule has 2 atom stereocenters. The fourth-order valence-corrected chi connectivity index (χ4v) is 11.1. The molecule has 10 rings (SSSR count). The normalized spacial score (nSPS) is 19.8. The van der Waals surface area contributed by atoms with E-state index >= 15 is 0 Å². The molecule has 0 unspecified atom stereocenters. The molecule has 0 fully saturated rings. The summed E-state index contributed by atoms with van der Waals surface area (Å²) in [5.74, 6) is 1.16. The van der Waals surface area contributed by atoms with Crippen molar-refractivity contribution in [3.05, 3.63) is 147 Å². The average molecular weight is 819 g/mol. The molecule has 0 saturated carbocycles. The lowest BCUT2D eigenvalue weighted by Gasteiger charge is -2.40. The van der Waals surface area contributed by atoms with E-state index in [9.17, 15) is 0 Å². The van der Waals surface area contributed by atoms with Crippen molar-refractivity contribution in [3.63, 3.8) is 0 Å². The third kappa shape index (κ3) is 5.45. The van der Waals surface area contributed by atoms with Crippen LogP contribution in [-0.2, 0) is 26.6 Å². The Hall–Kier alpha value is -5.68. The van der Waals surface area contributed by atoms with Gasteiger partial charge in [0.15, 0.2) is 5.60 Å². The second kappa shape index (κ2) is 12.9. The highest BCUT2D eigenvalue weighted by atomic mass is 16.5. The Kier molecular flexibility index (Phi) is 8.43. The van der Waals surface area contributed by atoms with Gasteiger partial charge in [-0.25, -0.2) is 9.98 Å². The first-order valence-electron chi connectivity index (χ1n) is 22.6. The predicted octanol–water partition coefficient (Wildman–Crippen LogP) is 14.7. The summed E-state index contributed by atoms with van der Waals surface area (Å²) in [7, 11) is 0. The summed E-state index contributed by atoms with van der Waals surface area (Å²) in [5, 5.41) is 4.85. The Balaban J connectivity index is 1.18. The molecule has 0 bridgehead atoms. The number of aliphatic imine (C=N–C) groups is 1. The summed E-state index contributed by atoms with van der Waals surface area (Å²) in [4.78, 5) is 10.7. The van der Waals surface area contributed by atoms with Crippen LogP contribution in [0.5, 0.6) is 0 Å². The monoisotopic (exact) mass is 818 g/mol. The first kappa shape index (κ1) is 40.4. The van der Waals surface area contributed by atoms with Crippen molar-refractivity contribution in [2.75, 3.05) is 0 Å². The fourth-order valence-electron chi connectivity index (χ4n) is 11.1. The molecule has 5 aromatic carbocycles. The molecule has 62 heavy (non-hydrogen) atoms. The largest absolute Gasteiger partial charge is 0.464 e. The molecule has 1 aliphatic carbocycles. The molecule has 0 spiro atoms. The Bertz CT molecular complexity index is 3250. The molecule has 4 heterocycles. The van der Waals surface area contributed by atoms with Crippen molar-refractivity contribution >= 4 is 49.6 Å². The van der Waals surface area contributed by atoms with E-state index in [2.05, 4.69) is 198 Å². The molecule has 1 aliphatic heterocycles. The molecule has 0 saturated heterocycles. The van der Waals surface area contributed by atoms with Crippen LogP contribution < -0.4 is 0 Å². The number of aromatic nitrogens is 3. The van der Waals surface area contributed by atoms with Gasteiger partial charge in [0.2, 0.25) is 5.90 Å². The summed E-state index contributed by atoms with van der Waals surface area (Å²) in [6.45, 7) is 34.5. The number of benzene rings is 5. The van der Waals surface area contributed by atoms with Crippen molar-refractivity contribution < 1.29 is 4.74 Å². The van der Waals surface area contributed by atoms with Gasteiger partial charge in [-0.2, -0.15) is 0 Å². The van der Waals surface area contributed by atoms with Crippen molar-refractivity contribution in [1.29, 1.82) is 0 Å². The van der Waals surface area contributed by atoms with Crippen molar-refractivity contribution in [1.82, 2.24) is 14.1 Å². The van der Waals surface area contributed by atoms with Crippen LogP contribution in [0.2, 0.25) is 0 Å². The Morgan fingerprint density at radius 3 is 2.06 bits per heavy atom. The van der Waals surface area contributed by atoms with Crippen LogP contribution in [0.1, 0.15) is 139 Å². The molecular weight excluding hydrogens is 757 g/mol. The molecule has 3 aromatic heterocycles. The minimum Gasteiger partial charge on any atom is -0.464 e. The summed E-state index contributed by atoms with van der Waals surface area (Å²) in [5.41, 5.74) is 16.5. The van der Waals surface area contributed by atoms with E-state index in [-0.39, 0.29) is 16.2 Å². The van der Waals surface area contributed by atoms with Gasteiger partial charge in [-0.15, -0.1) is 0 Å². The number of pyridine rings is 1. The van der Waals surface area contributed by atoms with Crippen LogP contribution in [-0.4, -0.2) is 25.6 Å². The zero-order chi connectivity index (χ0) is 44.2. The Morgan fingerprint density at radius 2 is 1.35 bits per heavy atom. The van der Waals surface area contributed by atoms with E-state index in [1.54, 1.807) is 0 Å². The summed E-state index contributed by atoms with van der Waals surface area (Å²) < 4.78 is 12.3. The molecule has 5 heteroatoms. The number of hydrogen-bond donors (Lipinski definition) is 0. The minimum atomic E-state index is -0.661. The number of nitrogens with zero attached hydrogens (tertiary/aromatic N) is 4. The number of fused-ring (bicyclic) bond motifs is 9. The van der Waals surface area contributed by atoms with E-state index in [0.29, 0.717) is 5.92 Å². The van der Waals surface area contributed by atoms with E-state index in [0.717, 1.165) is 45.1 Å². The lowest BCUT2D eigenvalue weighted by atomic mass is 9.67. The summed E-state index contributed by atoms with van der Waals surface area (Å²) in [6.07, 6.45) is 1.91. The third-order valence-corrected chi connectivity index (χ3v) is 15.1. The maximum absolute atomic E-state index is 7.45. The van der Waals surface area contributed by atoms with Crippen molar-refractivity contribution in [2.24, 2.45) is 4.99 Å². The maximum atomic E-state index is 7.45. The quantitative estimate of drug-likeness (QED) is 0.178. The highest BCUT2D eigenvalue weighted by Crippen LogP contribution is 2.64. The molecular formula is C57H62N4O. The van der Waals surface area contributed by atoms with Gasteiger partial charge in [0.1, 0.15) is 11.2 Å². The Labute approximate surface area is 367 Å². The van der Waals surface area contributed by atoms with Crippen LogP contribution in [0.25, 0.3) is 55.1 Å². The smallest absolute Gasteiger partial charge is 0.218 e. The van der Waals surface area contributed by atoms with Crippen LogP contribution in [0.15, 0.2) is 102 Å². The second-order valence-corrected chi connectivity index (χ2v) is 21.8. The zero-order valence-electron chi connectivity index (χ0n) is 39.5. The van der Waals surface area contributed by atoms with Gasteiger partial charge < -0.3 is 9.30 Å². The summed E-state index contributed by atoms with van der Waals surface area (Å²) in [6, 6.07) is 34.5. The highest BCUT2D eigenvalue weighted by molar-refractivity contribution is 6.12. The number of aryl methyl sites for hydroxylation is 3. The van der Waals surface area contributed by atoms with Gasteiger partial charge in [0.25, 0.3) is 0 Å². The lowest BCUT2D eigenvalue weighted by molar-refractivity contribution is 0.0190. The van der Waals surface area contributed by atoms with Gasteiger partial charge in [-0.3, -0.25) is 4.57 Å². The number of hydrogen-bond acceptors (Lipinski definition) is 3. The standard InChI is InChI=1S/C57H62N4O/c1-32(2)36-19-23-46-43(27-36)40-17-16-24-58-51(40)60(46)38-20-21-39-42-25-33(3)18-22-47(42)61(49(39)30-38)48-31-41(34(4)26-35(48)5)52-59-57(15)55(12,13)50-44(54(9,10)11)28-37(53(6,7)8)29-45(50)56(57,14)62-52/h16-32H,1-15H3/t56-,57+/m0/s1. The lowest BCUT2D eigenvalue weighted by Crippen LogP contribution is -2.49. The highest BCUT2D eigenvalue weighted by Gasteiger charge is 2.68. The van der Waals surface area contributed by atoms with Gasteiger partial charge >= 0.3 is 0 Å². The van der Waals surface area contributed by atoms with E-state index in [1.165, 1.54) is 66.0 Å². The third-order valence-electron chi connectivity index (χ3n) is 15.1. The Morgan fingerprint density at radius 1 is 0.645 bits per heavy atom. The second-order valence-electron chi connectivity index (χ2n) is 21.8. The van der Waals surface area contributed by atoms with Crippen LogP contribution >= 0.6 is 0 Å². The number of ether oxygens (including phenoxy) is 1. The minimum absolute atomic E-state index is 0.0185. The van der Waals surface area contributed by atoms with Crippen molar-refractivity contribution in [2.45, 2.75) is 137 Å². The van der Waals surface area contributed by atoms with Crippen molar-refractivity contribution in [3.8, 4) is 11.4 Å². The van der Waals surface area contributed by atoms with Crippen LogP contribution in [0.4, 0.5) is 0 Å².